The highest BCUT2D eigenvalue weighted by Gasteiger charge is 2.06. The van der Waals surface area contributed by atoms with Crippen LogP contribution in [0.2, 0.25) is 10.0 Å². The third kappa shape index (κ3) is 6.77. The van der Waals surface area contributed by atoms with Gasteiger partial charge in [-0.3, -0.25) is 14.4 Å². The molecule has 0 saturated carbocycles. The first-order valence-corrected chi connectivity index (χ1v) is 8.67. The number of hydrogen-bond acceptors (Lipinski definition) is 3. The van der Waals surface area contributed by atoms with E-state index in [0.29, 0.717) is 22.2 Å². The molecule has 140 valence electrons. The lowest BCUT2D eigenvalue weighted by atomic mass is 10.1. The number of primary amides is 1. The molecule has 0 aliphatic carbocycles. The van der Waals surface area contributed by atoms with Crippen molar-refractivity contribution in [3.63, 3.8) is 0 Å². The van der Waals surface area contributed by atoms with Crippen LogP contribution in [0.3, 0.4) is 0 Å². The predicted octanol–water partition coefficient (Wildman–Crippen LogP) is 2.54. The minimum absolute atomic E-state index is 0.220. The average molecular weight is 406 g/mol. The molecule has 2 aromatic rings. The Morgan fingerprint density at radius 3 is 2.30 bits per heavy atom. The van der Waals surface area contributed by atoms with E-state index in [0.717, 1.165) is 11.1 Å². The summed E-state index contributed by atoms with van der Waals surface area (Å²) in [5.41, 5.74) is 6.94. The van der Waals surface area contributed by atoms with E-state index < -0.39 is 11.8 Å². The Morgan fingerprint density at radius 2 is 1.67 bits per heavy atom. The average Bonchev–Trinajstić information content (AvgIpc) is 2.65. The van der Waals surface area contributed by atoms with E-state index in [1.165, 1.54) is 6.08 Å². The highest BCUT2D eigenvalue weighted by Crippen LogP contribution is 2.23. The summed E-state index contributed by atoms with van der Waals surface area (Å²) < 4.78 is 0. The van der Waals surface area contributed by atoms with Gasteiger partial charge in [-0.2, -0.15) is 0 Å². The Labute approximate surface area is 166 Å². The van der Waals surface area contributed by atoms with Crippen molar-refractivity contribution in [2.45, 2.75) is 6.54 Å². The van der Waals surface area contributed by atoms with Gasteiger partial charge in [-0.25, -0.2) is 0 Å². The number of nitrogens with one attached hydrogen (secondary N) is 2. The van der Waals surface area contributed by atoms with Gasteiger partial charge < -0.3 is 16.4 Å². The van der Waals surface area contributed by atoms with Crippen LogP contribution in [0.4, 0.5) is 0 Å². The van der Waals surface area contributed by atoms with Crippen LogP contribution in [-0.2, 0) is 16.1 Å². The Bertz CT molecular complexity index is 880. The molecule has 0 heterocycles. The SMILES string of the molecule is NC(=O)CNC(=O)c1ccc(CNC(=O)/C=C/c2ccc(Cl)c(Cl)c2)cc1. The molecule has 2 rings (SSSR count). The van der Waals surface area contributed by atoms with Crippen LogP contribution in [0, 0.1) is 0 Å². The van der Waals surface area contributed by atoms with Crippen molar-refractivity contribution < 1.29 is 14.4 Å². The predicted molar refractivity (Wildman–Crippen MR) is 105 cm³/mol. The highest BCUT2D eigenvalue weighted by molar-refractivity contribution is 6.42. The topological polar surface area (TPSA) is 101 Å². The highest BCUT2D eigenvalue weighted by atomic mass is 35.5. The molecule has 4 N–H and O–H groups in total. The lowest BCUT2D eigenvalue weighted by Gasteiger charge is -2.05. The molecule has 0 aliphatic heterocycles. The molecular weight excluding hydrogens is 389 g/mol. The van der Waals surface area contributed by atoms with Crippen LogP contribution in [0.15, 0.2) is 48.5 Å². The lowest BCUT2D eigenvalue weighted by Crippen LogP contribution is -2.33. The molecule has 0 atom stereocenters. The van der Waals surface area contributed by atoms with E-state index in [9.17, 15) is 14.4 Å². The van der Waals surface area contributed by atoms with Crippen LogP contribution in [0.5, 0.6) is 0 Å². The van der Waals surface area contributed by atoms with Crippen molar-refractivity contribution in [1.82, 2.24) is 10.6 Å². The Kier molecular flexibility index (Phi) is 7.40. The first kappa shape index (κ1) is 20.5. The maximum atomic E-state index is 11.9. The Hall–Kier alpha value is -2.83. The van der Waals surface area contributed by atoms with Gasteiger partial charge in [0.2, 0.25) is 11.8 Å². The van der Waals surface area contributed by atoms with Gasteiger partial charge >= 0.3 is 0 Å². The van der Waals surface area contributed by atoms with Crippen molar-refractivity contribution in [2.75, 3.05) is 6.54 Å². The van der Waals surface area contributed by atoms with E-state index in [-0.39, 0.29) is 12.5 Å². The molecule has 0 unspecified atom stereocenters. The molecule has 0 aromatic heterocycles. The molecule has 0 saturated heterocycles. The zero-order valence-corrected chi connectivity index (χ0v) is 15.7. The van der Waals surface area contributed by atoms with Gasteiger partial charge in [0.1, 0.15) is 0 Å². The fraction of sp³-hybridized carbons (Fsp3) is 0.105. The van der Waals surface area contributed by atoms with Crippen molar-refractivity contribution in [2.24, 2.45) is 5.73 Å². The van der Waals surface area contributed by atoms with Gasteiger partial charge in [0.15, 0.2) is 0 Å². The van der Waals surface area contributed by atoms with Gasteiger partial charge in [0, 0.05) is 18.2 Å². The van der Waals surface area contributed by atoms with Crippen LogP contribution < -0.4 is 16.4 Å². The van der Waals surface area contributed by atoms with Crippen molar-refractivity contribution in [1.29, 1.82) is 0 Å². The first-order valence-electron chi connectivity index (χ1n) is 7.91. The van der Waals surface area contributed by atoms with Crippen molar-refractivity contribution in [3.8, 4) is 0 Å². The number of hydrogen-bond donors (Lipinski definition) is 3. The standard InChI is InChI=1S/C19H17Cl2N3O3/c20-15-7-3-12(9-16(15)21)4-8-18(26)23-10-13-1-5-14(6-2-13)19(27)24-11-17(22)25/h1-9H,10-11H2,(H2,22,25)(H,23,26)(H,24,27)/b8-4+. The zero-order chi connectivity index (χ0) is 19.8. The summed E-state index contributed by atoms with van der Waals surface area (Å²) in [6.07, 6.45) is 3.02. The monoisotopic (exact) mass is 405 g/mol. The Balaban J connectivity index is 1.85. The van der Waals surface area contributed by atoms with Crippen LogP contribution in [0.25, 0.3) is 6.08 Å². The molecule has 0 radical (unpaired) electrons. The molecule has 0 aliphatic rings. The fourth-order valence-corrected chi connectivity index (χ4v) is 2.39. The maximum Gasteiger partial charge on any atom is 0.251 e. The second-order valence-electron chi connectivity index (χ2n) is 5.57. The smallest absolute Gasteiger partial charge is 0.251 e. The molecule has 27 heavy (non-hydrogen) atoms. The number of benzene rings is 2. The first-order chi connectivity index (χ1) is 12.8. The van der Waals surface area contributed by atoms with Crippen molar-refractivity contribution in [3.05, 3.63) is 75.3 Å². The van der Waals surface area contributed by atoms with Gasteiger partial charge in [-0.15, -0.1) is 0 Å². The van der Waals surface area contributed by atoms with Crippen LogP contribution in [-0.4, -0.2) is 24.3 Å². The second-order valence-corrected chi connectivity index (χ2v) is 6.38. The lowest BCUT2D eigenvalue weighted by molar-refractivity contribution is -0.117. The minimum Gasteiger partial charge on any atom is -0.368 e. The summed E-state index contributed by atoms with van der Waals surface area (Å²) in [7, 11) is 0. The third-order valence-corrected chi connectivity index (χ3v) is 4.22. The molecule has 0 fully saturated rings. The number of nitrogens with two attached hydrogens (primary N) is 1. The minimum atomic E-state index is -0.614. The van der Waals surface area contributed by atoms with E-state index in [1.54, 1.807) is 48.5 Å². The van der Waals surface area contributed by atoms with Crippen LogP contribution in [0.1, 0.15) is 21.5 Å². The molecule has 2 aromatic carbocycles. The van der Waals surface area contributed by atoms with Gasteiger partial charge in [0.05, 0.1) is 16.6 Å². The van der Waals surface area contributed by atoms with E-state index in [4.69, 9.17) is 28.9 Å². The summed E-state index contributed by atoms with van der Waals surface area (Å²) in [6, 6.07) is 11.7. The van der Waals surface area contributed by atoms with Gasteiger partial charge in [-0.1, -0.05) is 41.4 Å². The molecule has 8 heteroatoms. The summed E-state index contributed by atoms with van der Waals surface area (Å²) in [6.45, 7) is 0.0789. The molecule has 6 nitrogen and oxygen atoms in total. The van der Waals surface area contributed by atoms with Gasteiger partial charge in [-0.05, 0) is 41.5 Å². The number of carbonyl (C=O) groups is 3. The quantitative estimate of drug-likeness (QED) is 0.616. The van der Waals surface area contributed by atoms with Crippen molar-refractivity contribution >= 4 is 47.0 Å². The van der Waals surface area contributed by atoms with E-state index >= 15 is 0 Å². The largest absolute Gasteiger partial charge is 0.368 e. The number of carbonyl (C=O) groups excluding carboxylic acids is 3. The van der Waals surface area contributed by atoms with Gasteiger partial charge in [0.25, 0.3) is 5.91 Å². The third-order valence-electron chi connectivity index (χ3n) is 3.48. The zero-order valence-electron chi connectivity index (χ0n) is 14.2. The maximum absolute atomic E-state index is 11.9. The summed E-state index contributed by atoms with van der Waals surface area (Å²) >= 11 is 11.8. The van der Waals surface area contributed by atoms with E-state index in [1.807, 2.05) is 0 Å². The molecular formula is C19H17Cl2N3O3. The number of amides is 3. The fourth-order valence-electron chi connectivity index (χ4n) is 2.08. The van der Waals surface area contributed by atoms with Crippen LogP contribution >= 0.6 is 23.2 Å². The normalized spacial score (nSPS) is 10.6. The number of rotatable bonds is 7. The van der Waals surface area contributed by atoms with E-state index in [2.05, 4.69) is 10.6 Å². The molecule has 0 spiro atoms. The summed E-state index contributed by atoms with van der Waals surface area (Å²) in [4.78, 5) is 34.3. The second kappa shape index (κ2) is 9.75. The molecule has 3 amide bonds. The summed E-state index contributed by atoms with van der Waals surface area (Å²) in [5, 5.41) is 6.00. The Morgan fingerprint density at radius 1 is 0.963 bits per heavy atom. The summed E-state index contributed by atoms with van der Waals surface area (Å²) in [5.74, 6) is -1.28. The molecule has 0 bridgehead atoms. The number of halogens is 2.